The summed E-state index contributed by atoms with van der Waals surface area (Å²) in [7, 11) is 0. The first-order valence-corrected chi connectivity index (χ1v) is 12.9. The van der Waals surface area contributed by atoms with Crippen LogP contribution < -0.4 is 0 Å². The van der Waals surface area contributed by atoms with Crippen molar-refractivity contribution in [1.29, 1.82) is 0 Å². The highest BCUT2D eigenvalue weighted by molar-refractivity contribution is 6.39. The van der Waals surface area contributed by atoms with Gasteiger partial charge < -0.3 is 14.9 Å². The number of carbonyl (C=O) groups excluding carboxylic acids is 1. The van der Waals surface area contributed by atoms with E-state index in [4.69, 9.17) is 4.99 Å². The fourth-order valence-electron chi connectivity index (χ4n) is 6.03. The van der Waals surface area contributed by atoms with E-state index in [2.05, 4.69) is 30.6 Å². The predicted octanol–water partition coefficient (Wildman–Crippen LogP) is 5.50. The summed E-state index contributed by atoms with van der Waals surface area (Å²) in [5.41, 5.74) is 0.815. The minimum atomic E-state index is -0.926. The van der Waals surface area contributed by atoms with E-state index in [1.807, 2.05) is 12.1 Å². The molecule has 1 spiro atoms. The van der Waals surface area contributed by atoms with Gasteiger partial charge in [0.25, 0.3) is 5.91 Å². The SMILES string of the molecule is CCC[C@H](c1ccc(C(=O)O)cc1)N1C(=O)C(N2CCCCC2)=NC12CCC(C(C)C)CC2. The zero-order chi connectivity index (χ0) is 23.6. The molecular weight excluding hydrogens is 414 g/mol. The number of hydrogen-bond acceptors (Lipinski definition) is 4. The molecule has 1 saturated carbocycles. The van der Waals surface area contributed by atoms with E-state index in [9.17, 15) is 14.7 Å². The zero-order valence-corrected chi connectivity index (χ0v) is 20.4. The van der Waals surface area contributed by atoms with Crippen LogP contribution in [0.3, 0.4) is 0 Å². The molecule has 33 heavy (non-hydrogen) atoms. The van der Waals surface area contributed by atoms with Gasteiger partial charge in [0.15, 0.2) is 5.84 Å². The zero-order valence-electron chi connectivity index (χ0n) is 20.4. The summed E-state index contributed by atoms with van der Waals surface area (Å²) >= 11 is 0. The summed E-state index contributed by atoms with van der Waals surface area (Å²) in [6.07, 6.45) is 9.24. The summed E-state index contributed by atoms with van der Waals surface area (Å²) in [5, 5.41) is 9.33. The van der Waals surface area contributed by atoms with Gasteiger partial charge in [0.05, 0.1) is 11.6 Å². The molecule has 1 aromatic carbocycles. The van der Waals surface area contributed by atoms with Gasteiger partial charge in [-0.25, -0.2) is 9.79 Å². The first-order valence-electron chi connectivity index (χ1n) is 12.9. The average Bonchev–Trinajstić information content (AvgIpc) is 3.10. The molecule has 1 aromatic rings. The molecule has 4 rings (SSSR count). The van der Waals surface area contributed by atoms with Crippen molar-refractivity contribution in [3.63, 3.8) is 0 Å². The van der Waals surface area contributed by atoms with E-state index in [-0.39, 0.29) is 17.5 Å². The third-order valence-electron chi connectivity index (χ3n) is 8.02. The van der Waals surface area contributed by atoms with Crippen molar-refractivity contribution in [2.45, 2.75) is 90.3 Å². The number of rotatable bonds is 6. The summed E-state index contributed by atoms with van der Waals surface area (Å²) in [6.45, 7) is 8.57. The number of piperidine rings is 1. The number of likely N-dealkylation sites (tertiary alicyclic amines) is 1. The highest BCUT2D eigenvalue weighted by Crippen LogP contribution is 2.47. The van der Waals surface area contributed by atoms with Gasteiger partial charge in [-0.15, -0.1) is 0 Å². The third kappa shape index (κ3) is 4.67. The second kappa shape index (κ2) is 9.86. The molecule has 2 fully saturated rings. The molecule has 0 aromatic heterocycles. The van der Waals surface area contributed by atoms with Gasteiger partial charge in [-0.3, -0.25) is 4.79 Å². The van der Waals surface area contributed by atoms with Crippen LogP contribution in [0.2, 0.25) is 0 Å². The van der Waals surface area contributed by atoms with E-state index in [0.717, 1.165) is 70.0 Å². The number of hydrogen-bond donors (Lipinski definition) is 1. The van der Waals surface area contributed by atoms with Crippen LogP contribution in [0.25, 0.3) is 0 Å². The van der Waals surface area contributed by atoms with Crippen LogP contribution in [-0.2, 0) is 4.79 Å². The van der Waals surface area contributed by atoms with Crippen LogP contribution in [0.1, 0.15) is 101 Å². The van der Waals surface area contributed by atoms with Crippen molar-refractivity contribution in [2.75, 3.05) is 13.1 Å². The lowest BCUT2D eigenvalue weighted by atomic mass is 9.76. The fraction of sp³-hybridized carbons (Fsp3) is 0.667. The number of amides is 1. The van der Waals surface area contributed by atoms with Crippen molar-refractivity contribution >= 4 is 17.7 Å². The van der Waals surface area contributed by atoms with Crippen LogP contribution in [0.5, 0.6) is 0 Å². The minimum absolute atomic E-state index is 0.0701. The number of nitrogens with zero attached hydrogens (tertiary/aromatic N) is 3. The molecule has 1 N–H and O–H groups in total. The fourth-order valence-corrected chi connectivity index (χ4v) is 6.03. The Labute approximate surface area is 198 Å². The topological polar surface area (TPSA) is 73.2 Å². The first-order chi connectivity index (χ1) is 15.9. The number of aromatic carboxylic acids is 1. The van der Waals surface area contributed by atoms with Crippen molar-refractivity contribution in [1.82, 2.24) is 9.80 Å². The van der Waals surface area contributed by atoms with E-state index >= 15 is 0 Å². The Bertz CT molecular complexity index is 878. The number of carboxylic acids is 1. The van der Waals surface area contributed by atoms with Crippen molar-refractivity contribution in [3.05, 3.63) is 35.4 Å². The Morgan fingerprint density at radius 1 is 1.12 bits per heavy atom. The molecule has 1 atom stereocenters. The number of amidine groups is 1. The number of carbonyl (C=O) groups is 2. The number of aliphatic imine (C=N–C) groups is 1. The predicted molar refractivity (Wildman–Crippen MR) is 130 cm³/mol. The van der Waals surface area contributed by atoms with E-state index in [0.29, 0.717) is 17.7 Å². The Morgan fingerprint density at radius 2 is 1.76 bits per heavy atom. The smallest absolute Gasteiger partial charge is 0.335 e. The van der Waals surface area contributed by atoms with Gasteiger partial charge in [-0.05, 0) is 80.9 Å². The van der Waals surface area contributed by atoms with Gasteiger partial charge in [0.1, 0.15) is 5.66 Å². The maximum Gasteiger partial charge on any atom is 0.335 e. The van der Waals surface area contributed by atoms with Gasteiger partial charge in [0.2, 0.25) is 0 Å². The standard InChI is InChI=1S/C27H39N3O3/c1-4-8-23(21-9-11-22(12-10-21)26(32)33)30-25(31)24(29-17-6-5-7-18-29)28-27(30)15-13-20(14-16-27)19(2)3/h9-12,19-20,23H,4-8,13-18H2,1-3H3,(H,32,33)/t20?,23-,27?/m1/s1. The first kappa shape index (κ1) is 23.8. The van der Waals surface area contributed by atoms with Crippen LogP contribution in [0.4, 0.5) is 0 Å². The second-order valence-electron chi connectivity index (χ2n) is 10.5. The molecule has 0 radical (unpaired) electrons. The van der Waals surface area contributed by atoms with Crippen molar-refractivity contribution < 1.29 is 14.7 Å². The quantitative estimate of drug-likeness (QED) is 0.618. The molecule has 1 amide bonds. The van der Waals surface area contributed by atoms with E-state index < -0.39 is 11.6 Å². The molecular formula is C27H39N3O3. The Morgan fingerprint density at radius 3 is 2.30 bits per heavy atom. The van der Waals surface area contributed by atoms with Crippen molar-refractivity contribution in [3.8, 4) is 0 Å². The lowest BCUT2D eigenvalue weighted by molar-refractivity contribution is -0.134. The molecule has 180 valence electrons. The second-order valence-corrected chi connectivity index (χ2v) is 10.5. The Balaban J connectivity index is 1.70. The maximum atomic E-state index is 14.0. The Hall–Kier alpha value is -2.37. The van der Waals surface area contributed by atoms with Crippen LogP contribution in [0, 0.1) is 11.8 Å². The molecule has 3 aliphatic rings. The number of benzene rings is 1. The highest BCUT2D eigenvalue weighted by Gasteiger charge is 2.52. The number of carboxylic acid groups (broad SMARTS) is 1. The summed E-state index contributed by atoms with van der Waals surface area (Å²) < 4.78 is 0. The minimum Gasteiger partial charge on any atom is -0.478 e. The molecule has 0 bridgehead atoms. The lowest BCUT2D eigenvalue weighted by Crippen LogP contribution is -2.52. The third-order valence-corrected chi connectivity index (χ3v) is 8.02. The van der Waals surface area contributed by atoms with Crippen LogP contribution in [-0.4, -0.2) is 51.4 Å². The largest absolute Gasteiger partial charge is 0.478 e. The monoisotopic (exact) mass is 453 g/mol. The Kier molecular flexibility index (Phi) is 7.10. The molecule has 2 heterocycles. The van der Waals surface area contributed by atoms with E-state index in [1.165, 1.54) is 6.42 Å². The molecule has 1 aliphatic carbocycles. The summed E-state index contributed by atoms with van der Waals surface area (Å²) in [4.78, 5) is 35.0. The maximum absolute atomic E-state index is 14.0. The molecule has 6 heteroatoms. The average molecular weight is 454 g/mol. The molecule has 1 saturated heterocycles. The van der Waals surface area contributed by atoms with Crippen molar-refractivity contribution in [2.24, 2.45) is 16.8 Å². The van der Waals surface area contributed by atoms with Gasteiger partial charge in [-0.2, -0.15) is 0 Å². The molecule has 0 unspecified atom stereocenters. The normalized spacial score (nSPS) is 26.7. The summed E-state index contributed by atoms with van der Waals surface area (Å²) in [6, 6.07) is 7.02. The highest BCUT2D eigenvalue weighted by atomic mass is 16.4. The van der Waals surface area contributed by atoms with Gasteiger partial charge in [-0.1, -0.05) is 39.3 Å². The summed E-state index contributed by atoms with van der Waals surface area (Å²) in [5.74, 6) is 1.14. The van der Waals surface area contributed by atoms with Crippen LogP contribution >= 0.6 is 0 Å². The lowest BCUT2D eigenvalue weighted by Gasteiger charge is -2.46. The molecule has 6 nitrogen and oxygen atoms in total. The van der Waals surface area contributed by atoms with Gasteiger partial charge >= 0.3 is 5.97 Å². The van der Waals surface area contributed by atoms with Crippen LogP contribution in [0.15, 0.2) is 29.3 Å². The van der Waals surface area contributed by atoms with Gasteiger partial charge in [0, 0.05) is 13.1 Å². The van der Waals surface area contributed by atoms with E-state index in [1.54, 1.807) is 12.1 Å². The molecule has 2 aliphatic heterocycles.